The number of nitrogens with one attached hydrogen (secondary N) is 1. The van der Waals surface area contributed by atoms with Crippen LogP contribution in [0.5, 0.6) is 0 Å². The molecular formula is C9H16N4. The second-order valence-corrected chi connectivity index (χ2v) is 3.21. The molecular weight excluding hydrogens is 164 g/mol. The first kappa shape index (κ1) is 9.92. The highest BCUT2D eigenvalue weighted by Gasteiger charge is 1.99. The lowest BCUT2D eigenvalue weighted by atomic mass is 10.2. The van der Waals surface area contributed by atoms with Gasteiger partial charge < -0.3 is 11.1 Å². The van der Waals surface area contributed by atoms with E-state index in [4.69, 9.17) is 5.73 Å². The first-order valence-corrected chi connectivity index (χ1v) is 4.46. The summed E-state index contributed by atoms with van der Waals surface area (Å²) in [5.74, 6) is 2.12. The summed E-state index contributed by atoms with van der Waals surface area (Å²) in [6.07, 6.45) is 1.75. The molecule has 0 aliphatic carbocycles. The average Bonchev–Trinajstić information content (AvgIpc) is 2.14. The van der Waals surface area contributed by atoms with E-state index in [0.29, 0.717) is 12.5 Å². The van der Waals surface area contributed by atoms with Crippen molar-refractivity contribution in [2.75, 3.05) is 18.4 Å². The molecule has 0 bridgehead atoms. The number of nitrogens with two attached hydrogens (primary N) is 1. The molecule has 0 aliphatic heterocycles. The fourth-order valence-corrected chi connectivity index (χ4v) is 0.917. The molecule has 72 valence electrons. The Morgan fingerprint density at radius 2 is 2.38 bits per heavy atom. The zero-order chi connectivity index (χ0) is 9.68. The van der Waals surface area contributed by atoms with Gasteiger partial charge in [-0.3, -0.25) is 0 Å². The molecule has 0 fully saturated rings. The van der Waals surface area contributed by atoms with Crippen molar-refractivity contribution in [3.8, 4) is 0 Å². The van der Waals surface area contributed by atoms with Crippen LogP contribution in [0.15, 0.2) is 12.3 Å². The van der Waals surface area contributed by atoms with Crippen molar-refractivity contribution in [1.29, 1.82) is 0 Å². The number of rotatable bonds is 4. The highest BCUT2D eigenvalue weighted by atomic mass is 15.0. The van der Waals surface area contributed by atoms with Crippen LogP contribution >= 0.6 is 0 Å². The molecule has 1 aromatic rings. The minimum absolute atomic E-state index is 0.468. The highest BCUT2D eigenvalue weighted by molar-refractivity contribution is 5.32. The molecule has 0 radical (unpaired) electrons. The van der Waals surface area contributed by atoms with Crippen molar-refractivity contribution in [2.24, 2.45) is 11.7 Å². The quantitative estimate of drug-likeness (QED) is 0.719. The molecule has 0 amide bonds. The van der Waals surface area contributed by atoms with Crippen molar-refractivity contribution in [3.05, 3.63) is 18.1 Å². The maximum Gasteiger partial charge on any atom is 0.129 e. The van der Waals surface area contributed by atoms with Gasteiger partial charge in [0.1, 0.15) is 11.6 Å². The third kappa shape index (κ3) is 3.38. The van der Waals surface area contributed by atoms with Crippen LogP contribution in [0.25, 0.3) is 0 Å². The van der Waals surface area contributed by atoms with Gasteiger partial charge in [-0.15, -0.1) is 0 Å². The van der Waals surface area contributed by atoms with Crippen molar-refractivity contribution >= 4 is 5.82 Å². The second-order valence-electron chi connectivity index (χ2n) is 3.21. The summed E-state index contributed by atoms with van der Waals surface area (Å²) >= 11 is 0. The van der Waals surface area contributed by atoms with Crippen molar-refractivity contribution in [3.63, 3.8) is 0 Å². The smallest absolute Gasteiger partial charge is 0.129 e. The minimum Gasteiger partial charge on any atom is -0.370 e. The lowest BCUT2D eigenvalue weighted by Crippen LogP contribution is -2.20. The highest BCUT2D eigenvalue weighted by Crippen LogP contribution is 2.02. The van der Waals surface area contributed by atoms with Gasteiger partial charge in [-0.05, 0) is 25.5 Å². The van der Waals surface area contributed by atoms with Crippen LogP contribution in [0.1, 0.15) is 12.7 Å². The Hall–Kier alpha value is -1.16. The third-order valence-electron chi connectivity index (χ3n) is 1.81. The Morgan fingerprint density at radius 3 is 3.00 bits per heavy atom. The van der Waals surface area contributed by atoms with E-state index in [1.807, 2.05) is 13.0 Å². The molecule has 1 aromatic heterocycles. The molecule has 4 nitrogen and oxygen atoms in total. The van der Waals surface area contributed by atoms with Gasteiger partial charge in [0.25, 0.3) is 0 Å². The van der Waals surface area contributed by atoms with Gasteiger partial charge in [0.05, 0.1) is 0 Å². The summed E-state index contributed by atoms with van der Waals surface area (Å²) < 4.78 is 0. The van der Waals surface area contributed by atoms with E-state index < -0.39 is 0 Å². The van der Waals surface area contributed by atoms with E-state index in [1.54, 1.807) is 6.20 Å². The van der Waals surface area contributed by atoms with Crippen LogP contribution in [0.3, 0.4) is 0 Å². The van der Waals surface area contributed by atoms with Crippen molar-refractivity contribution in [1.82, 2.24) is 9.97 Å². The summed E-state index contributed by atoms with van der Waals surface area (Å²) in [6, 6.07) is 1.86. The lowest BCUT2D eigenvalue weighted by molar-refractivity contribution is 0.626. The number of nitrogens with zero attached hydrogens (tertiary/aromatic N) is 2. The van der Waals surface area contributed by atoms with E-state index in [1.165, 1.54) is 0 Å². The second kappa shape index (κ2) is 4.77. The van der Waals surface area contributed by atoms with Gasteiger partial charge in [-0.1, -0.05) is 6.92 Å². The molecule has 13 heavy (non-hydrogen) atoms. The maximum absolute atomic E-state index is 5.49. The number of hydrogen-bond donors (Lipinski definition) is 2. The van der Waals surface area contributed by atoms with Gasteiger partial charge in [0.2, 0.25) is 0 Å². The summed E-state index contributed by atoms with van der Waals surface area (Å²) in [4.78, 5) is 8.23. The van der Waals surface area contributed by atoms with Crippen LogP contribution < -0.4 is 11.1 Å². The standard InChI is InChI=1S/C9H16N4/c1-7(5-10)6-12-9-3-4-11-8(2)13-9/h3-4,7H,5-6,10H2,1-2H3,(H,11,12,13). The Balaban J connectivity index is 2.45. The van der Waals surface area contributed by atoms with E-state index in [2.05, 4.69) is 22.2 Å². The van der Waals surface area contributed by atoms with Crippen LogP contribution in [0.2, 0.25) is 0 Å². The van der Waals surface area contributed by atoms with Crippen LogP contribution in [0.4, 0.5) is 5.82 Å². The first-order valence-electron chi connectivity index (χ1n) is 4.46. The predicted octanol–water partition coefficient (Wildman–Crippen LogP) is 0.792. The predicted molar refractivity (Wildman–Crippen MR) is 53.5 cm³/mol. The third-order valence-corrected chi connectivity index (χ3v) is 1.81. The molecule has 0 saturated heterocycles. The molecule has 1 heterocycles. The molecule has 3 N–H and O–H groups in total. The number of aromatic nitrogens is 2. The molecule has 0 spiro atoms. The normalized spacial score (nSPS) is 12.5. The fourth-order valence-electron chi connectivity index (χ4n) is 0.917. The number of hydrogen-bond acceptors (Lipinski definition) is 4. The van der Waals surface area contributed by atoms with Gasteiger partial charge in [0.15, 0.2) is 0 Å². The first-order chi connectivity index (χ1) is 6.22. The van der Waals surface area contributed by atoms with Crippen LogP contribution in [-0.4, -0.2) is 23.1 Å². The van der Waals surface area contributed by atoms with Crippen molar-refractivity contribution < 1.29 is 0 Å². The molecule has 1 atom stereocenters. The van der Waals surface area contributed by atoms with Gasteiger partial charge in [-0.25, -0.2) is 9.97 Å². The molecule has 1 unspecified atom stereocenters. The minimum atomic E-state index is 0.468. The Bertz CT molecular complexity index is 262. The van der Waals surface area contributed by atoms with Gasteiger partial charge in [-0.2, -0.15) is 0 Å². The summed E-state index contributed by atoms with van der Waals surface area (Å²) in [5, 5.41) is 3.21. The van der Waals surface area contributed by atoms with E-state index in [9.17, 15) is 0 Å². The van der Waals surface area contributed by atoms with Crippen molar-refractivity contribution in [2.45, 2.75) is 13.8 Å². The summed E-state index contributed by atoms with van der Waals surface area (Å²) in [6.45, 7) is 5.52. The van der Waals surface area contributed by atoms with E-state index in [0.717, 1.165) is 18.2 Å². The molecule has 1 rings (SSSR count). The molecule has 0 aromatic carbocycles. The van der Waals surface area contributed by atoms with Crippen LogP contribution in [-0.2, 0) is 0 Å². The summed E-state index contributed by atoms with van der Waals surface area (Å²) in [5.41, 5.74) is 5.49. The fraction of sp³-hybridized carbons (Fsp3) is 0.556. The average molecular weight is 180 g/mol. The Kier molecular flexibility index (Phi) is 3.64. The summed E-state index contributed by atoms with van der Waals surface area (Å²) in [7, 11) is 0. The molecule has 0 aliphatic rings. The topological polar surface area (TPSA) is 63.8 Å². The Morgan fingerprint density at radius 1 is 1.62 bits per heavy atom. The molecule has 0 saturated carbocycles. The van der Waals surface area contributed by atoms with E-state index >= 15 is 0 Å². The zero-order valence-corrected chi connectivity index (χ0v) is 8.12. The monoisotopic (exact) mass is 180 g/mol. The Labute approximate surface area is 78.6 Å². The number of aryl methyl sites for hydroxylation is 1. The maximum atomic E-state index is 5.49. The SMILES string of the molecule is Cc1nccc(NCC(C)CN)n1. The zero-order valence-electron chi connectivity index (χ0n) is 8.12. The van der Waals surface area contributed by atoms with E-state index in [-0.39, 0.29) is 0 Å². The largest absolute Gasteiger partial charge is 0.370 e. The van der Waals surface area contributed by atoms with Gasteiger partial charge >= 0.3 is 0 Å². The van der Waals surface area contributed by atoms with Crippen LogP contribution in [0, 0.1) is 12.8 Å². The molecule has 4 heteroatoms. The number of anilines is 1. The van der Waals surface area contributed by atoms with Gasteiger partial charge in [0, 0.05) is 12.7 Å². The lowest BCUT2D eigenvalue weighted by Gasteiger charge is -2.10.